The number of hydrogen-bond donors (Lipinski definition) is 0. The molecule has 0 amide bonds. The van der Waals surface area contributed by atoms with Gasteiger partial charge in [-0.15, -0.1) is 0 Å². The van der Waals surface area contributed by atoms with Crippen LogP contribution < -0.4 is 0 Å². The van der Waals surface area contributed by atoms with Crippen molar-refractivity contribution < 1.29 is 0 Å². The molecule has 0 aliphatic heterocycles. The molecule has 0 spiro atoms. The fourth-order valence-electron chi connectivity index (χ4n) is 8.53. The van der Waals surface area contributed by atoms with Gasteiger partial charge in [0.25, 0.3) is 0 Å². The zero-order valence-electron chi connectivity index (χ0n) is 25.9. The first-order chi connectivity index (χ1) is 22.8. The second-order valence-electron chi connectivity index (χ2n) is 12.9. The van der Waals surface area contributed by atoms with Gasteiger partial charge in [-0.1, -0.05) is 91.0 Å². The SMILES string of the molecule is N#CC1=CC(n2c3c(c4ccccc42)CC(C2=CCCC=C2c2ccccc2-n2c4ccccc4c4ccccc42)CC3)CC=C1. The zero-order valence-corrected chi connectivity index (χ0v) is 25.9. The third-order valence-electron chi connectivity index (χ3n) is 10.5. The van der Waals surface area contributed by atoms with Crippen molar-refractivity contribution in [3.8, 4) is 11.8 Å². The number of benzene rings is 4. The van der Waals surface area contributed by atoms with Gasteiger partial charge in [0.05, 0.1) is 28.8 Å². The Labute approximate surface area is 269 Å². The highest BCUT2D eigenvalue weighted by atomic mass is 15.0. The van der Waals surface area contributed by atoms with Crippen LogP contribution in [0, 0.1) is 17.2 Å². The van der Waals surface area contributed by atoms with Gasteiger partial charge < -0.3 is 9.13 Å². The van der Waals surface area contributed by atoms with E-state index in [1.54, 1.807) is 0 Å². The summed E-state index contributed by atoms with van der Waals surface area (Å²) >= 11 is 0. The third-order valence-corrected chi connectivity index (χ3v) is 10.5. The van der Waals surface area contributed by atoms with Crippen LogP contribution >= 0.6 is 0 Å². The van der Waals surface area contributed by atoms with Crippen LogP contribution in [0.5, 0.6) is 0 Å². The molecule has 3 heteroatoms. The van der Waals surface area contributed by atoms with Crippen molar-refractivity contribution in [1.29, 1.82) is 5.26 Å². The number of fused-ring (bicyclic) bond motifs is 6. The number of aromatic nitrogens is 2. The maximum absolute atomic E-state index is 9.65. The molecular formula is C43H35N3. The maximum atomic E-state index is 9.65. The zero-order chi connectivity index (χ0) is 30.6. The largest absolute Gasteiger partial charge is 0.337 e. The molecule has 3 aliphatic carbocycles. The van der Waals surface area contributed by atoms with Crippen LogP contribution in [-0.2, 0) is 12.8 Å². The minimum absolute atomic E-state index is 0.187. The second kappa shape index (κ2) is 10.9. The van der Waals surface area contributed by atoms with Gasteiger partial charge in [0.1, 0.15) is 0 Å². The molecule has 0 N–H and O–H groups in total. The van der Waals surface area contributed by atoms with E-state index in [2.05, 4.69) is 137 Å². The molecule has 3 nitrogen and oxygen atoms in total. The van der Waals surface area contributed by atoms with E-state index < -0.39 is 0 Å². The van der Waals surface area contributed by atoms with Gasteiger partial charge in [-0.25, -0.2) is 0 Å². The van der Waals surface area contributed by atoms with E-state index in [1.807, 2.05) is 6.08 Å². The summed E-state index contributed by atoms with van der Waals surface area (Å²) in [6.45, 7) is 0. The van der Waals surface area contributed by atoms with E-state index in [-0.39, 0.29) is 6.04 Å². The van der Waals surface area contributed by atoms with E-state index in [9.17, 15) is 5.26 Å². The van der Waals surface area contributed by atoms with Crippen LogP contribution in [0.3, 0.4) is 0 Å². The molecule has 0 saturated carbocycles. The summed E-state index contributed by atoms with van der Waals surface area (Å²) in [4.78, 5) is 0. The summed E-state index contributed by atoms with van der Waals surface area (Å²) in [5.41, 5.74) is 13.0. The molecule has 3 aliphatic rings. The molecular weight excluding hydrogens is 558 g/mol. The molecule has 4 aromatic carbocycles. The molecule has 6 aromatic rings. The lowest BCUT2D eigenvalue weighted by atomic mass is 9.75. The second-order valence-corrected chi connectivity index (χ2v) is 12.9. The molecule has 46 heavy (non-hydrogen) atoms. The van der Waals surface area contributed by atoms with Gasteiger partial charge in [0.15, 0.2) is 0 Å². The lowest BCUT2D eigenvalue weighted by molar-refractivity contribution is 0.500. The summed E-state index contributed by atoms with van der Waals surface area (Å²) in [6.07, 6.45) is 17.6. The quantitative estimate of drug-likeness (QED) is 0.200. The van der Waals surface area contributed by atoms with Gasteiger partial charge in [0, 0.05) is 38.5 Å². The van der Waals surface area contributed by atoms with Gasteiger partial charge in [0.2, 0.25) is 0 Å². The first-order valence-electron chi connectivity index (χ1n) is 16.7. The third kappa shape index (κ3) is 4.17. The highest BCUT2D eigenvalue weighted by molar-refractivity contribution is 6.09. The number of hydrogen-bond acceptors (Lipinski definition) is 1. The molecule has 0 fully saturated rings. The molecule has 2 atom stereocenters. The van der Waals surface area contributed by atoms with Crippen LogP contribution in [0.25, 0.3) is 44.0 Å². The summed E-state index contributed by atoms with van der Waals surface area (Å²) in [6, 6.07) is 38.1. The van der Waals surface area contributed by atoms with Crippen molar-refractivity contribution in [2.45, 2.75) is 44.6 Å². The van der Waals surface area contributed by atoms with Crippen LogP contribution in [0.15, 0.2) is 139 Å². The Kier molecular flexibility index (Phi) is 6.42. The van der Waals surface area contributed by atoms with Crippen LogP contribution in [0.4, 0.5) is 0 Å². The molecule has 0 saturated heterocycles. The number of nitrogens with zero attached hydrogens (tertiary/aromatic N) is 3. The highest BCUT2D eigenvalue weighted by Gasteiger charge is 2.32. The van der Waals surface area contributed by atoms with E-state index in [0.717, 1.165) is 44.1 Å². The summed E-state index contributed by atoms with van der Waals surface area (Å²) in [7, 11) is 0. The Balaban J connectivity index is 1.14. The number of allylic oxidation sites excluding steroid dienone is 8. The molecule has 222 valence electrons. The van der Waals surface area contributed by atoms with E-state index in [1.165, 1.54) is 66.4 Å². The summed E-state index contributed by atoms with van der Waals surface area (Å²) in [5.74, 6) is 0.459. The Bertz CT molecular complexity index is 2290. The smallest absolute Gasteiger partial charge is 0.0988 e. The summed E-state index contributed by atoms with van der Waals surface area (Å²) < 4.78 is 5.02. The van der Waals surface area contributed by atoms with E-state index >= 15 is 0 Å². The Morgan fingerprint density at radius 3 is 2.17 bits per heavy atom. The van der Waals surface area contributed by atoms with Crippen molar-refractivity contribution in [3.05, 3.63) is 155 Å². The van der Waals surface area contributed by atoms with E-state index in [0.29, 0.717) is 5.92 Å². The fraction of sp³-hybridized carbons (Fsp3) is 0.186. The van der Waals surface area contributed by atoms with Gasteiger partial charge in [-0.2, -0.15) is 5.26 Å². The highest BCUT2D eigenvalue weighted by Crippen LogP contribution is 2.45. The minimum Gasteiger partial charge on any atom is -0.337 e. The van der Waals surface area contributed by atoms with Crippen molar-refractivity contribution in [1.82, 2.24) is 9.13 Å². The molecule has 0 radical (unpaired) electrons. The standard InChI is InChI=1S/C43H35N3/c44-28-29-12-11-13-31(26-29)45-39-20-7-6-19-37(39)38-27-30(24-25-43(38)45)32-14-1-2-15-33(32)34-16-3-8-21-40(34)46-41-22-9-4-17-35(41)36-18-5-10-23-42(36)46/h3-12,14-23,26,30-31H,1-2,13,24-25,27H2. The van der Waals surface area contributed by atoms with Gasteiger partial charge >= 0.3 is 0 Å². The Hall–Kier alpha value is -5.33. The van der Waals surface area contributed by atoms with Crippen LogP contribution in [0.1, 0.15) is 48.5 Å². The van der Waals surface area contributed by atoms with Crippen LogP contribution in [-0.4, -0.2) is 9.13 Å². The monoisotopic (exact) mass is 593 g/mol. The van der Waals surface area contributed by atoms with E-state index in [4.69, 9.17) is 0 Å². The molecule has 2 heterocycles. The van der Waals surface area contributed by atoms with Crippen molar-refractivity contribution in [2.75, 3.05) is 0 Å². The summed E-state index contributed by atoms with van der Waals surface area (Å²) in [5, 5.41) is 13.6. The number of para-hydroxylation sites is 4. The van der Waals surface area contributed by atoms with Gasteiger partial charge in [-0.3, -0.25) is 0 Å². The number of rotatable bonds is 4. The lowest BCUT2D eigenvalue weighted by Crippen LogP contribution is -2.21. The van der Waals surface area contributed by atoms with Crippen molar-refractivity contribution in [3.63, 3.8) is 0 Å². The first-order valence-corrected chi connectivity index (χ1v) is 16.7. The molecule has 2 unspecified atom stereocenters. The topological polar surface area (TPSA) is 33.6 Å². The average Bonchev–Trinajstić information content (AvgIpc) is 3.64. The molecule has 9 rings (SSSR count). The predicted molar refractivity (Wildman–Crippen MR) is 190 cm³/mol. The maximum Gasteiger partial charge on any atom is 0.0988 e. The lowest BCUT2D eigenvalue weighted by Gasteiger charge is -2.31. The normalized spacial score (nSPS) is 19.5. The molecule has 2 aromatic heterocycles. The van der Waals surface area contributed by atoms with Crippen molar-refractivity contribution >= 4 is 38.3 Å². The fourth-order valence-corrected chi connectivity index (χ4v) is 8.53. The minimum atomic E-state index is 0.187. The Morgan fingerprint density at radius 1 is 0.717 bits per heavy atom. The Morgan fingerprint density at radius 2 is 1.39 bits per heavy atom. The first kappa shape index (κ1) is 27.0. The van der Waals surface area contributed by atoms with Crippen molar-refractivity contribution in [2.24, 2.45) is 5.92 Å². The average molecular weight is 594 g/mol. The number of nitriles is 1. The van der Waals surface area contributed by atoms with Gasteiger partial charge in [-0.05, 0) is 97.6 Å². The van der Waals surface area contributed by atoms with Crippen LogP contribution in [0.2, 0.25) is 0 Å². The predicted octanol–water partition coefficient (Wildman–Crippen LogP) is 10.6. The molecule has 0 bridgehead atoms.